The molecule has 4 rings (SSSR count). The Morgan fingerprint density at radius 3 is 2.61 bits per heavy atom. The van der Waals surface area contributed by atoms with E-state index >= 15 is 0 Å². The summed E-state index contributed by atoms with van der Waals surface area (Å²) in [4.78, 5) is 28.4. The summed E-state index contributed by atoms with van der Waals surface area (Å²) < 4.78 is 5.65. The van der Waals surface area contributed by atoms with Crippen molar-refractivity contribution in [2.24, 2.45) is 0 Å². The van der Waals surface area contributed by atoms with Gasteiger partial charge in [-0.25, -0.2) is 9.97 Å². The first kappa shape index (κ1) is 24.9. The molecule has 10 nitrogen and oxygen atoms in total. The normalized spacial score (nSPS) is 11.2. The van der Waals surface area contributed by atoms with E-state index in [-0.39, 0.29) is 11.4 Å². The van der Waals surface area contributed by atoms with Crippen molar-refractivity contribution in [2.75, 3.05) is 51.0 Å². The fraction of sp³-hybridized carbons (Fsp3) is 0.308. The summed E-state index contributed by atoms with van der Waals surface area (Å²) in [7, 11) is 3.32. The van der Waals surface area contributed by atoms with Crippen LogP contribution in [-0.4, -0.2) is 65.1 Å². The van der Waals surface area contributed by atoms with Gasteiger partial charge < -0.3 is 25.3 Å². The average Bonchev–Trinajstić information content (AvgIpc) is 3.32. The van der Waals surface area contributed by atoms with Crippen LogP contribution >= 0.6 is 0 Å². The number of aromatic nitrogens is 3. The van der Waals surface area contributed by atoms with Gasteiger partial charge in [-0.05, 0) is 25.2 Å². The molecule has 0 bridgehead atoms. The summed E-state index contributed by atoms with van der Waals surface area (Å²) in [6, 6.07) is 11.1. The number of anilines is 2. The second kappa shape index (κ2) is 10.6. The van der Waals surface area contributed by atoms with E-state index in [0.29, 0.717) is 35.1 Å². The number of fused-ring (bicyclic) bond motifs is 1. The molecule has 0 atom stereocenters. The van der Waals surface area contributed by atoms with Gasteiger partial charge in [-0.15, -0.1) is 0 Å². The Labute approximate surface area is 209 Å². The van der Waals surface area contributed by atoms with Gasteiger partial charge in [0.2, 0.25) is 0 Å². The molecule has 0 aliphatic heterocycles. The van der Waals surface area contributed by atoms with E-state index < -0.39 is 4.92 Å². The van der Waals surface area contributed by atoms with Gasteiger partial charge in [-0.1, -0.05) is 32.0 Å². The van der Waals surface area contributed by atoms with Crippen LogP contribution in [0.4, 0.5) is 17.1 Å². The van der Waals surface area contributed by atoms with E-state index in [2.05, 4.69) is 28.7 Å². The zero-order chi connectivity index (χ0) is 25.8. The van der Waals surface area contributed by atoms with E-state index in [9.17, 15) is 10.1 Å². The molecule has 0 saturated carbocycles. The third-order valence-electron chi connectivity index (χ3n) is 6.43. The zero-order valence-electron chi connectivity index (χ0n) is 21.0. The summed E-state index contributed by atoms with van der Waals surface area (Å²) >= 11 is 0. The number of ether oxygens (including phenoxy) is 1. The number of methoxy groups -OCH3 is 1. The molecule has 2 aromatic heterocycles. The molecule has 0 saturated heterocycles. The van der Waals surface area contributed by atoms with Gasteiger partial charge in [-0.2, -0.15) is 0 Å². The topological polar surface area (TPSA) is 126 Å². The molecule has 0 aliphatic carbocycles. The third kappa shape index (κ3) is 4.67. The van der Waals surface area contributed by atoms with Crippen LogP contribution < -0.4 is 15.4 Å². The largest absolute Gasteiger partial charge is 0.494 e. The molecule has 2 heterocycles. The van der Waals surface area contributed by atoms with Crippen LogP contribution in [0.3, 0.4) is 0 Å². The summed E-state index contributed by atoms with van der Waals surface area (Å²) in [5, 5.41) is 13.2. The Bertz CT molecular complexity index is 1380. The smallest absolute Gasteiger partial charge is 0.295 e. The number of hydrogen-bond donors (Lipinski definition) is 2. The second-order valence-corrected chi connectivity index (χ2v) is 8.46. The number of para-hydroxylation sites is 1. The molecule has 10 heteroatoms. The predicted octanol–water partition coefficient (Wildman–Crippen LogP) is 4.57. The Morgan fingerprint density at radius 1 is 1.17 bits per heavy atom. The van der Waals surface area contributed by atoms with Gasteiger partial charge in [0.05, 0.1) is 29.0 Å². The highest BCUT2D eigenvalue weighted by atomic mass is 16.6. The maximum atomic E-state index is 12.1. The van der Waals surface area contributed by atoms with Crippen molar-refractivity contribution in [3.8, 4) is 28.4 Å². The maximum Gasteiger partial charge on any atom is 0.295 e. The molecule has 188 valence electrons. The summed E-state index contributed by atoms with van der Waals surface area (Å²) in [6.07, 6.45) is 3.54. The van der Waals surface area contributed by atoms with E-state index in [0.717, 1.165) is 36.1 Å². The van der Waals surface area contributed by atoms with Crippen molar-refractivity contribution in [3.63, 3.8) is 0 Å². The van der Waals surface area contributed by atoms with Gasteiger partial charge in [0.15, 0.2) is 11.6 Å². The number of rotatable bonds is 10. The van der Waals surface area contributed by atoms with Crippen LogP contribution in [0.25, 0.3) is 33.5 Å². The average molecular weight is 490 g/mol. The van der Waals surface area contributed by atoms with Gasteiger partial charge >= 0.3 is 0 Å². The number of benzene rings is 2. The Balaban J connectivity index is 1.90. The van der Waals surface area contributed by atoms with Crippen molar-refractivity contribution in [1.29, 1.82) is 0 Å². The molecule has 4 aromatic rings. The molecule has 3 N–H and O–H groups in total. The lowest BCUT2D eigenvalue weighted by Gasteiger charge is -2.27. The van der Waals surface area contributed by atoms with Crippen LogP contribution in [0.5, 0.6) is 5.75 Å². The number of nitrogen functional groups attached to an aromatic ring is 1. The highest BCUT2D eigenvalue weighted by Crippen LogP contribution is 2.47. The second-order valence-electron chi connectivity index (χ2n) is 8.46. The van der Waals surface area contributed by atoms with E-state index in [1.807, 2.05) is 48.5 Å². The van der Waals surface area contributed by atoms with Crippen LogP contribution in [0.15, 0.2) is 48.8 Å². The van der Waals surface area contributed by atoms with Crippen molar-refractivity contribution in [1.82, 2.24) is 19.9 Å². The number of nitrogens with two attached hydrogens (primary N) is 1. The molecular weight excluding hydrogens is 458 g/mol. The van der Waals surface area contributed by atoms with Gasteiger partial charge in [-0.3, -0.25) is 10.1 Å². The molecule has 2 aromatic carbocycles. The number of likely N-dealkylation sites (N-methyl/N-ethyl adjacent to an activating group) is 2. The number of nitrogens with zero attached hydrogens (tertiary/aromatic N) is 5. The number of aromatic amines is 1. The van der Waals surface area contributed by atoms with Crippen molar-refractivity contribution in [3.05, 3.63) is 58.9 Å². The highest BCUT2D eigenvalue weighted by molar-refractivity contribution is 5.96. The number of nitrogens with one attached hydrogen (secondary N) is 1. The van der Waals surface area contributed by atoms with Crippen molar-refractivity contribution < 1.29 is 9.66 Å². The first-order valence-electron chi connectivity index (χ1n) is 11.9. The zero-order valence-corrected chi connectivity index (χ0v) is 21.0. The first-order chi connectivity index (χ1) is 17.4. The lowest BCUT2D eigenvalue weighted by Crippen LogP contribution is -2.33. The number of hydrogen-bond acceptors (Lipinski definition) is 8. The predicted molar refractivity (Wildman–Crippen MR) is 143 cm³/mol. The number of nitro benzene ring substituents is 1. The standard InChI is InChI=1S/C26H31N7O3/c1-5-32(6-2)14-13-31(3)24-22(33(34)35)15-19(27)25(36-4)23(24)26-28-12-11-21(30-26)18-16-29-20-10-8-7-9-17(18)20/h7-12,15-16,29H,5-6,13-14,27H2,1-4H3. The SMILES string of the molecule is CCN(CC)CCN(C)c1c([N+](=O)[O-])cc(N)c(OC)c1-c1nccc(-c2c[nH]c3ccccc23)n1. The molecular formula is C26H31N7O3. The Kier molecular flexibility index (Phi) is 7.35. The van der Waals surface area contributed by atoms with Crippen LogP contribution in [-0.2, 0) is 0 Å². The molecule has 0 unspecified atom stereocenters. The van der Waals surface area contributed by atoms with E-state index in [1.165, 1.54) is 13.2 Å². The molecule has 0 aliphatic rings. The Morgan fingerprint density at radius 2 is 1.92 bits per heavy atom. The lowest BCUT2D eigenvalue weighted by atomic mass is 10.0. The van der Waals surface area contributed by atoms with Crippen LogP contribution in [0, 0.1) is 10.1 Å². The maximum absolute atomic E-state index is 12.1. The minimum atomic E-state index is -0.425. The summed E-state index contributed by atoms with van der Waals surface area (Å²) in [5.74, 6) is 0.607. The molecule has 0 fully saturated rings. The first-order valence-corrected chi connectivity index (χ1v) is 11.9. The highest BCUT2D eigenvalue weighted by Gasteiger charge is 2.30. The van der Waals surface area contributed by atoms with Gasteiger partial charge in [0, 0.05) is 55.1 Å². The molecule has 0 spiro atoms. The van der Waals surface area contributed by atoms with Crippen LogP contribution in [0.2, 0.25) is 0 Å². The minimum absolute atomic E-state index is 0.119. The summed E-state index contributed by atoms with van der Waals surface area (Å²) in [5.41, 5.74) is 9.61. The molecule has 0 amide bonds. The minimum Gasteiger partial charge on any atom is -0.494 e. The quantitative estimate of drug-likeness (QED) is 0.188. The third-order valence-corrected chi connectivity index (χ3v) is 6.43. The van der Waals surface area contributed by atoms with Crippen molar-refractivity contribution in [2.45, 2.75) is 13.8 Å². The molecule has 36 heavy (non-hydrogen) atoms. The number of H-pyrrole nitrogens is 1. The molecule has 0 radical (unpaired) electrons. The van der Waals surface area contributed by atoms with Gasteiger partial charge in [0.1, 0.15) is 5.69 Å². The fourth-order valence-electron chi connectivity index (χ4n) is 4.47. The van der Waals surface area contributed by atoms with Crippen molar-refractivity contribution >= 4 is 28.0 Å². The van der Waals surface area contributed by atoms with Crippen LogP contribution in [0.1, 0.15) is 13.8 Å². The lowest BCUT2D eigenvalue weighted by molar-refractivity contribution is -0.384. The van der Waals surface area contributed by atoms with E-state index in [4.69, 9.17) is 15.5 Å². The van der Waals surface area contributed by atoms with E-state index in [1.54, 1.807) is 6.20 Å². The Hall–Kier alpha value is -4.18. The van der Waals surface area contributed by atoms with Gasteiger partial charge in [0.25, 0.3) is 5.69 Å². The summed E-state index contributed by atoms with van der Waals surface area (Å²) in [6.45, 7) is 7.26. The fourth-order valence-corrected chi connectivity index (χ4v) is 4.47. The number of nitro groups is 1. The monoisotopic (exact) mass is 489 g/mol.